The number of benzene rings is 1. The molecule has 0 aliphatic heterocycles. The molecule has 1 rings (SSSR count). The SMILES string of the molecule is CCCCCCCCC(C([O])=O)c1ccccc1. The lowest BCUT2D eigenvalue weighted by Crippen LogP contribution is -2.10. The maximum atomic E-state index is 11.2. The molecule has 1 atom stereocenters. The van der Waals surface area contributed by atoms with Gasteiger partial charge in [-0.05, 0) is 12.0 Å². The molecule has 1 aromatic carbocycles. The van der Waals surface area contributed by atoms with Gasteiger partial charge in [-0.2, -0.15) is 0 Å². The summed E-state index contributed by atoms with van der Waals surface area (Å²) in [5.41, 5.74) is 0.867. The molecule has 0 saturated carbocycles. The van der Waals surface area contributed by atoms with E-state index in [4.69, 9.17) is 0 Å². The number of rotatable bonds is 9. The predicted molar refractivity (Wildman–Crippen MR) is 72.9 cm³/mol. The molecule has 0 saturated heterocycles. The average molecular weight is 247 g/mol. The van der Waals surface area contributed by atoms with Crippen LogP contribution >= 0.6 is 0 Å². The quantitative estimate of drug-likeness (QED) is 0.593. The van der Waals surface area contributed by atoms with Crippen LogP contribution < -0.4 is 0 Å². The molecular formula is C16H23O2. The van der Waals surface area contributed by atoms with Crippen LogP contribution in [0.1, 0.15) is 63.4 Å². The Hall–Kier alpha value is -1.31. The highest BCUT2D eigenvalue weighted by Gasteiger charge is 2.20. The first-order valence-corrected chi connectivity index (χ1v) is 7.01. The number of unbranched alkanes of at least 4 members (excludes halogenated alkanes) is 5. The van der Waals surface area contributed by atoms with E-state index in [9.17, 15) is 9.90 Å². The minimum absolute atomic E-state index is 0.447. The van der Waals surface area contributed by atoms with Crippen LogP contribution in [-0.4, -0.2) is 5.97 Å². The van der Waals surface area contributed by atoms with E-state index in [1.54, 1.807) is 0 Å². The van der Waals surface area contributed by atoms with Crippen molar-refractivity contribution >= 4 is 5.97 Å². The molecule has 0 spiro atoms. The van der Waals surface area contributed by atoms with Gasteiger partial charge in [0.05, 0.1) is 5.92 Å². The van der Waals surface area contributed by atoms with Crippen LogP contribution in [0.4, 0.5) is 0 Å². The Morgan fingerprint density at radius 2 is 1.61 bits per heavy atom. The first kappa shape index (κ1) is 14.7. The zero-order valence-corrected chi connectivity index (χ0v) is 11.2. The van der Waals surface area contributed by atoms with Gasteiger partial charge in [-0.15, -0.1) is 0 Å². The second-order valence-electron chi connectivity index (χ2n) is 4.84. The van der Waals surface area contributed by atoms with Crippen LogP contribution in [0.3, 0.4) is 0 Å². The van der Waals surface area contributed by atoms with Gasteiger partial charge in [0.15, 0.2) is 0 Å². The molecular weight excluding hydrogens is 224 g/mol. The molecule has 0 aliphatic carbocycles. The predicted octanol–water partition coefficient (Wildman–Crippen LogP) is 4.48. The van der Waals surface area contributed by atoms with E-state index in [1.165, 1.54) is 25.7 Å². The molecule has 1 unspecified atom stereocenters. The highest BCUT2D eigenvalue weighted by molar-refractivity contribution is 5.75. The van der Waals surface area contributed by atoms with Gasteiger partial charge in [0, 0.05) is 0 Å². The molecule has 2 heteroatoms. The number of carbonyl (C=O) groups is 1. The van der Waals surface area contributed by atoms with E-state index in [0.29, 0.717) is 6.42 Å². The Kier molecular flexibility index (Phi) is 7.16. The van der Waals surface area contributed by atoms with E-state index in [0.717, 1.165) is 18.4 Å². The summed E-state index contributed by atoms with van der Waals surface area (Å²) < 4.78 is 0. The minimum atomic E-state index is -0.949. The zero-order valence-electron chi connectivity index (χ0n) is 11.2. The molecule has 1 aromatic rings. The van der Waals surface area contributed by atoms with E-state index >= 15 is 0 Å². The second-order valence-corrected chi connectivity index (χ2v) is 4.84. The summed E-state index contributed by atoms with van der Waals surface area (Å²) in [7, 11) is 0. The lowest BCUT2D eigenvalue weighted by Gasteiger charge is -2.11. The van der Waals surface area contributed by atoms with E-state index in [2.05, 4.69) is 6.92 Å². The second kappa shape index (κ2) is 8.73. The maximum absolute atomic E-state index is 11.2. The fourth-order valence-corrected chi connectivity index (χ4v) is 2.23. The summed E-state index contributed by atoms with van der Waals surface area (Å²) in [5.74, 6) is -1.40. The van der Waals surface area contributed by atoms with Gasteiger partial charge in [0.1, 0.15) is 0 Å². The Morgan fingerprint density at radius 1 is 1.00 bits per heavy atom. The molecule has 0 heterocycles. The molecule has 0 amide bonds. The van der Waals surface area contributed by atoms with E-state index in [-0.39, 0.29) is 0 Å². The third-order valence-electron chi connectivity index (χ3n) is 3.33. The summed E-state index contributed by atoms with van der Waals surface area (Å²) in [6, 6.07) is 9.41. The molecule has 99 valence electrons. The van der Waals surface area contributed by atoms with Gasteiger partial charge in [-0.25, -0.2) is 9.90 Å². The minimum Gasteiger partial charge on any atom is -0.247 e. The highest BCUT2D eigenvalue weighted by atomic mass is 16.4. The van der Waals surface area contributed by atoms with Gasteiger partial charge in [0.2, 0.25) is 0 Å². The Balaban J connectivity index is 2.34. The van der Waals surface area contributed by atoms with Crippen molar-refractivity contribution in [2.24, 2.45) is 0 Å². The van der Waals surface area contributed by atoms with Gasteiger partial charge in [-0.1, -0.05) is 75.8 Å². The van der Waals surface area contributed by atoms with Crippen molar-refractivity contribution in [3.63, 3.8) is 0 Å². The van der Waals surface area contributed by atoms with Gasteiger partial charge in [0.25, 0.3) is 0 Å². The van der Waals surface area contributed by atoms with Gasteiger partial charge < -0.3 is 0 Å². The monoisotopic (exact) mass is 247 g/mol. The molecule has 2 nitrogen and oxygen atoms in total. The first-order chi connectivity index (χ1) is 8.75. The van der Waals surface area contributed by atoms with E-state index < -0.39 is 11.9 Å². The summed E-state index contributed by atoms with van der Waals surface area (Å²) in [4.78, 5) is 11.2. The standard InChI is InChI=1S/C16H23O2/c1-2-3-4-5-6-10-13-15(16(17)18)14-11-8-7-9-12-14/h7-9,11-12,15H,2-6,10,13H2,1H3. The van der Waals surface area contributed by atoms with Crippen molar-refractivity contribution in [3.8, 4) is 0 Å². The van der Waals surface area contributed by atoms with Crippen molar-refractivity contribution in [1.82, 2.24) is 0 Å². The van der Waals surface area contributed by atoms with Crippen molar-refractivity contribution in [2.75, 3.05) is 0 Å². The fraction of sp³-hybridized carbons (Fsp3) is 0.562. The third-order valence-corrected chi connectivity index (χ3v) is 3.33. The molecule has 18 heavy (non-hydrogen) atoms. The lowest BCUT2D eigenvalue weighted by atomic mass is 9.93. The van der Waals surface area contributed by atoms with Crippen molar-refractivity contribution < 1.29 is 9.90 Å². The Bertz CT molecular complexity index is 332. The van der Waals surface area contributed by atoms with Gasteiger partial charge in [-0.3, -0.25) is 0 Å². The number of hydrogen-bond donors (Lipinski definition) is 0. The number of carbonyl (C=O) groups excluding carboxylic acids is 1. The largest absolute Gasteiger partial charge is 0.362 e. The summed E-state index contributed by atoms with van der Waals surface area (Å²) in [6.07, 6.45) is 7.78. The molecule has 0 fully saturated rings. The molecule has 0 N–H and O–H groups in total. The van der Waals surface area contributed by atoms with Crippen molar-refractivity contribution in [2.45, 2.75) is 57.8 Å². The summed E-state index contributed by atoms with van der Waals surface area (Å²) in [5, 5.41) is 11.2. The van der Waals surface area contributed by atoms with Crippen LogP contribution in [0.15, 0.2) is 30.3 Å². The average Bonchev–Trinajstić information content (AvgIpc) is 2.38. The lowest BCUT2D eigenvalue weighted by molar-refractivity contribution is -0.145. The highest BCUT2D eigenvalue weighted by Crippen LogP contribution is 2.23. The maximum Gasteiger partial charge on any atom is 0.362 e. The number of hydrogen-bond acceptors (Lipinski definition) is 1. The van der Waals surface area contributed by atoms with Crippen LogP contribution in [0.25, 0.3) is 0 Å². The van der Waals surface area contributed by atoms with Crippen LogP contribution in [0, 0.1) is 0 Å². The van der Waals surface area contributed by atoms with Crippen LogP contribution in [0.5, 0.6) is 0 Å². The normalized spacial score (nSPS) is 12.3. The fourth-order valence-electron chi connectivity index (χ4n) is 2.23. The zero-order chi connectivity index (χ0) is 13.2. The molecule has 0 aromatic heterocycles. The third kappa shape index (κ3) is 5.35. The van der Waals surface area contributed by atoms with Crippen LogP contribution in [0.2, 0.25) is 0 Å². The molecule has 1 radical (unpaired) electrons. The topological polar surface area (TPSA) is 37.0 Å². The van der Waals surface area contributed by atoms with Crippen molar-refractivity contribution in [1.29, 1.82) is 0 Å². The van der Waals surface area contributed by atoms with Crippen LogP contribution in [-0.2, 0) is 9.90 Å². The van der Waals surface area contributed by atoms with Gasteiger partial charge >= 0.3 is 5.97 Å². The summed E-state index contributed by atoms with van der Waals surface area (Å²) >= 11 is 0. The van der Waals surface area contributed by atoms with Crippen molar-refractivity contribution in [3.05, 3.63) is 35.9 Å². The molecule has 0 bridgehead atoms. The smallest absolute Gasteiger partial charge is 0.247 e. The summed E-state index contributed by atoms with van der Waals surface area (Å²) in [6.45, 7) is 2.20. The van der Waals surface area contributed by atoms with E-state index in [1.807, 2.05) is 30.3 Å². The first-order valence-electron chi connectivity index (χ1n) is 7.01. The Labute approximate surface area is 110 Å². The molecule has 0 aliphatic rings. The Morgan fingerprint density at radius 3 is 2.22 bits per heavy atom.